The van der Waals surface area contributed by atoms with Gasteiger partial charge in [-0.2, -0.15) is 26.3 Å². The number of hydrogen-bond acceptors (Lipinski definition) is 2. The first-order valence-electron chi connectivity index (χ1n) is 3.20. The highest BCUT2D eigenvalue weighted by Crippen LogP contribution is 2.45. The quantitative estimate of drug-likeness (QED) is 0.804. The average molecular weight is 254 g/mol. The molecule has 0 aliphatic carbocycles. The van der Waals surface area contributed by atoms with E-state index in [0.29, 0.717) is 0 Å². The largest absolute Gasteiger partial charge is 0.422 e. The molecular weight excluding hydrogens is 253 g/mol. The van der Waals surface area contributed by atoms with E-state index in [0.717, 1.165) is 0 Å². The van der Waals surface area contributed by atoms with Gasteiger partial charge in [0.2, 0.25) is 10.9 Å². The second-order valence-electron chi connectivity index (χ2n) is 2.45. The summed E-state index contributed by atoms with van der Waals surface area (Å²) >= 11 is -0.832. The molecule has 86 valence electrons. The van der Waals surface area contributed by atoms with Crippen LogP contribution in [0.15, 0.2) is 0 Å². The van der Waals surface area contributed by atoms with Gasteiger partial charge in [0.05, 0.1) is 0 Å². The van der Waals surface area contributed by atoms with Gasteiger partial charge < -0.3 is 5.11 Å². The van der Waals surface area contributed by atoms with Crippen LogP contribution in [0.4, 0.5) is 30.7 Å². The number of halogens is 7. The molecule has 0 atom stereocenters. The highest BCUT2D eigenvalue weighted by atomic mass is 32.1. The van der Waals surface area contributed by atoms with Crippen molar-refractivity contribution >= 4 is 11.3 Å². The number of aliphatic hydroxyl groups is 1. The maximum atomic E-state index is 12.6. The Morgan fingerprint density at radius 3 is 1.67 bits per heavy atom. The molecule has 1 N–H and O–H groups in total. The molecule has 0 saturated carbocycles. The SMILES string of the molecule is OC(F)(F)C(F)(F)c1sc(F)c(F)c1F. The van der Waals surface area contributed by atoms with Crippen molar-refractivity contribution < 1.29 is 35.8 Å². The normalized spacial score (nSPS) is 13.3. The lowest BCUT2D eigenvalue weighted by Gasteiger charge is -2.19. The number of alkyl halides is 4. The van der Waals surface area contributed by atoms with E-state index in [1.807, 2.05) is 0 Å². The Balaban J connectivity index is 3.34. The zero-order valence-electron chi connectivity index (χ0n) is 6.50. The third-order valence-corrected chi connectivity index (χ3v) is 2.42. The van der Waals surface area contributed by atoms with Gasteiger partial charge in [0.15, 0.2) is 5.82 Å². The van der Waals surface area contributed by atoms with Crippen molar-refractivity contribution in [2.45, 2.75) is 12.0 Å². The van der Waals surface area contributed by atoms with Crippen molar-refractivity contribution in [3.8, 4) is 0 Å². The zero-order chi connectivity index (χ0) is 12.0. The molecule has 9 heteroatoms. The molecule has 0 amide bonds. The highest BCUT2D eigenvalue weighted by molar-refractivity contribution is 7.10. The molecule has 1 aromatic heterocycles. The van der Waals surface area contributed by atoms with Crippen LogP contribution in [0.25, 0.3) is 0 Å². The summed E-state index contributed by atoms with van der Waals surface area (Å²) in [5, 5.41) is 5.74. The molecule has 0 radical (unpaired) electrons. The first-order chi connectivity index (χ1) is 6.59. The fraction of sp³-hybridized carbons (Fsp3) is 0.333. The van der Waals surface area contributed by atoms with Gasteiger partial charge >= 0.3 is 12.0 Å². The molecule has 0 saturated heterocycles. The van der Waals surface area contributed by atoms with Crippen LogP contribution < -0.4 is 0 Å². The lowest BCUT2D eigenvalue weighted by atomic mass is 10.2. The Labute approximate surface area is 81.8 Å². The van der Waals surface area contributed by atoms with Crippen LogP contribution in [0.1, 0.15) is 4.88 Å². The van der Waals surface area contributed by atoms with Crippen LogP contribution >= 0.6 is 11.3 Å². The summed E-state index contributed by atoms with van der Waals surface area (Å²) in [7, 11) is 0. The molecular formula is C6HF7OS. The van der Waals surface area contributed by atoms with Crippen molar-refractivity contribution in [1.82, 2.24) is 0 Å². The molecule has 0 aliphatic heterocycles. The Kier molecular flexibility index (Phi) is 2.72. The summed E-state index contributed by atoms with van der Waals surface area (Å²) < 4.78 is 86.0. The van der Waals surface area contributed by atoms with Gasteiger partial charge in [-0.15, -0.1) is 0 Å². The van der Waals surface area contributed by atoms with Crippen molar-refractivity contribution in [3.63, 3.8) is 0 Å². The van der Waals surface area contributed by atoms with Crippen LogP contribution in [0.2, 0.25) is 0 Å². The molecule has 1 rings (SSSR count). The van der Waals surface area contributed by atoms with Gasteiger partial charge in [-0.25, -0.2) is 4.39 Å². The number of hydrogen-bond donors (Lipinski definition) is 1. The van der Waals surface area contributed by atoms with E-state index in [1.54, 1.807) is 0 Å². The molecule has 0 aliphatic rings. The van der Waals surface area contributed by atoms with E-state index in [9.17, 15) is 30.7 Å². The maximum Gasteiger partial charge on any atom is 0.422 e. The topological polar surface area (TPSA) is 20.2 Å². The summed E-state index contributed by atoms with van der Waals surface area (Å²) in [5.74, 6) is -10.1. The average Bonchev–Trinajstić information content (AvgIpc) is 2.31. The summed E-state index contributed by atoms with van der Waals surface area (Å²) in [6.07, 6.45) is -5.60. The summed E-state index contributed by atoms with van der Waals surface area (Å²) in [4.78, 5) is -2.19. The number of rotatable bonds is 2. The molecule has 0 aromatic carbocycles. The smallest absolute Gasteiger partial charge is 0.331 e. The number of thiophene rings is 1. The Hall–Kier alpha value is -0.830. The first kappa shape index (κ1) is 12.2. The standard InChI is InChI=1S/C6HF7OS/c7-1-2(8)4(9)15-3(1)5(10,11)6(12,13)14/h14H. The predicted octanol–water partition coefficient (Wildman–Crippen LogP) is 2.84. The summed E-state index contributed by atoms with van der Waals surface area (Å²) in [6.45, 7) is 0. The molecule has 1 aromatic rings. The second-order valence-corrected chi connectivity index (χ2v) is 3.42. The Morgan fingerprint density at radius 2 is 1.40 bits per heavy atom. The lowest BCUT2D eigenvalue weighted by Crippen LogP contribution is -2.37. The minimum absolute atomic E-state index is 0.832. The molecule has 0 unspecified atom stereocenters. The van der Waals surface area contributed by atoms with Crippen molar-refractivity contribution in [3.05, 3.63) is 21.6 Å². The molecule has 1 nitrogen and oxygen atoms in total. The van der Waals surface area contributed by atoms with E-state index in [4.69, 9.17) is 5.11 Å². The predicted molar refractivity (Wildman–Crippen MR) is 35.3 cm³/mol. The van der Waals surface area contributed by atoms with Crippen molar-refractivity contribution in [1.29, 1.82) is 0 Å². The van der Waals surface area contributed by atoms with Crippen LogP contribution in [-0.4, -0.2) is 11.2 Å². The van der Waals surface area contributed by atoms with Gasteiger partial charge in [-0.3, -0.25) is 0 Å². The van der Waals surface area contributed by atoms with Crippen molar-refractivity contribution in [2.75, 3.05) is 0 Å². The van der Waals surface area contributed by atoms with Gasteiger partial charge in [0, 0.05) is 0 Å². The third kappa shape index (κ3) is 1.81. The second kappa shape index (κ2) is 3.34. The fourth-order valence-electron chi connectivity index (χ4n) is 0.704. The van der Waals surface area contributed by atoms with Gasteiger partial charge in [-0.1, -0.05) is 11.3 Å². The molecule has 15 heavy (non-hydrogen) atoms. The minimum Gasteiger partial charge on any atom is -0.331 e. The Bertz CT molecular complexity index is 380. The molecule has 1 heterocycles. The van der Waals surface area contributed by atoms with Crippen LogP contribution in [0.5, 0.6) is 0 Å². The lowest BCUT2D eigenvalue weighted by molar-refractivity contribution is -0.331. The van der Waals surface area contributed by atoms with Gasteiger partial charge in [0.25, 0.3) is 0 Å². The minimum atomic E-state index is -5.60. The van der Waals surface area contributed by atoms with Crippen LogP contribution in [0, 0.1) is 16.8 Å². The van der Waals surface area contributed by atoms with E-state index < -0.39 is 45.0 Å². The molecule has 0 fully saturated rings. The highest BCUT2D eigenvalue weighted by Gasteiger charge is 2.59. The van der Waals surface area contributed by atoms with E-state index in [1.165, 1.54) is 0 Å². The summed E-state index contributed by atoms with van der Waals surface area (Å²) in [5.41, 5.74) is 0. The van der Waals surface area contributed by atoms with E-state index in [-0.39, 0.29) is 0 Å². The molecule has 0 bridgehead atoms. The Morgan fingerprint density at radius 1 is 0.933 bits per heavy atom. The zero-order valence-corrected chi connectivity index (χ0v) is 7.32. The fourth-order valence-corrected chi connectivity index (χ4v) is 1.49. The van der Waals surface area contributed by atoms with Crippen molar-refractivity contribution in [2.24, 2.45) is 0 Å². The van der Waals surface area contributed by atoms with Crippen LogP contribution in [0.3, 0.4) is 0 Å². The van der Waals surface area contributed by atoms with Crippen LogP contribution in [-0.2, 0) is 5.92 Å². The third-order valence-electron chi connectivity index (χ3n) is 1.42. The first-order valence-corrected chi connectivity index (χ1v) is 4.02. The van der Waals surface area contributed by atoms with Gasteiger partial charge in [0.1, 0.15) is 4.88 Å². The van der Waals surface area contributed by atoms with E-state index >= 15 is 0 Å². The maximum absolute atomic E-state index is 12.6. The summed E-state index contributed by atoms with van der Waals surface area (Å²) in [6, 6.07) is 0. The van der Waals surface area contributed by atoms with Gasteiger partial charge in [-0.05, 0) is 0 Å². The van der Waals surface area contributed by atoms with E-state index in [2.05, 4.69) is 0 Å². The monoisotopic (exact) mass is 254 g/mol. The molecule has 0 spiro atoms.